The molecule has 0 aromatic carbocycles. The van der Waals surface area contributed by atoms with Gasteiger partial charge in [0, 0.05) is 18.1 Å². The van der Waals surface area contributed by atoms with E-state index in [9.17, 15) is 0 Å². The van der Waals surface area contributed by atoms with Crippen LogP contribution in [-0.2, 0) is 6.54 Å². The molecule has 2 aromatic heterocycles. The molecular formula is C15H23N3OS. The topological polar surface area (TPSA) is 38.6 Å². The molecule has 2 unspecified atom stereocenters. The van der Waals surface area contributed by atoms with Crippen molar-refractivity contribution in [3.05, 3.63) is 17.3 Å². The van der Waals surface area contributed by atoms with Crippen molar-refractivity contribution in [2.45, 2.75) is 39.2 Å². The van der Waals surface area contributed by atoms with Gasteiger partial charge in [-0.3, -0.25) is 4.40 Å². The quantitative estimate of drug-likeness (QED) is 0.919. The van der Waals surface area contributed by atoms with Crippen molar-refractivity contribution in [3.8, 4) is 5.88 Å². The van der Waals surface area contributed by atoms with Crippen molar-refractivity contribution in [2.24, 2.45) is 11.8 Å². The van der Waals surface area contributed by atoms with Gasteiger partial charge in [-0.1, -0.05) is 19.8 Å². The number of thiazole rings is 1. The molecule has 2 heterocycles. The molecule has 1 aliphatic carbocycles. The normalized spacial score (nSPS) is 23.3. The van der Waals surface area contributed by atoms with Crippen LogP contribution in [0.15, 0.2) is 11.6 Å². The van der Waals surface area contributed by atoms with E-state index in [1.807, 2.05) is 0 Å². The van der Waals surface area contributed by atoms with E-state index < -0.39 is 0 Å². The lowest BCUT2D eigenvalue weighted by Gasteiger charge is -2.26. The molecular weight excluding hydrogens is 270 g/mol. The fourth-order valence-corrected chi connectivity index (χ4v) is 4.00. The zero-order chi connectivity index (χ0) is 13.9. The lowest BCUT2D eigenvalue weighted by Crippen LogP contribution is -2.26. The molecule has 1 saturated carbocycles. The van der Waals surface area contributed by atoms with E-state index in [1.165, 1.54) is 25.7 Å². The molecule has 0 amide bonds. The van der Waals surface area contributed by atoms with Crippen LogP contribution in [0.2, 0.25) is 0 Å². The number of fused-ring (bicyclic) bond motifs is 1. The van der Waals surface area contributed by atoms with Crippen molar-refractivity contribution in [1.29, 1.82) is 0 Å². The Morgan fingerprint density at radius 2 is 2.40 bits per heavy atom. The van der Waals surface area contributed by atoms with Crippen LogP contribution in [-0.4, -0.2) is 23.0 Å². The molecule has 0 aliphatic heterocycles. The van der Waals surface area contributed by atoms with Gasteiger partial charge in [0.25, 0.3) is 0 Å². The van der Waals surface area contributed by atoms with Crippen molar-refractivity contribution in [1.82, 2.24) is 14.7 Å². The predicted octanol–water partition coefficient (Wildman–Crippen LogP) is 3.32. The van der Waals surface area contributed by atoms with E-state index in [1.54, 1.807) is 18.4 Å². The van der Waals surface area contributed by atoms with E-state index in [4.69, 9.17) is 4.74 Å². The SMILES string of the molecule is COc1nc2sccn2c1CNCC1CCCC(C)C1. The molecule has 5 heteroatoms. The highest BCUT2D eigenvalue weighted by molar-refractivity contribution is 7.15. The molecule has 0 saturated heterocycles. The maximum atomic E-state index is 5.38. The van der Waals surface area contributed by atoms with Crippen LogP contribution in [0.1, 0.15) is 38.3 Å². The third-order valence-electron chi connectivity index (χ3n) is 4.29. The number of hydrogen-bond donors (Lipinski definition) is 1. The lowest BCUT2D eigenvalue weighted by atomic mass is 9.82. The molecule has 0 bridgehead atoms. The van der Waals surface area contributed by atoms with Crippen molar-refractivity contribution >= 4 is 16.3 Å². The molecule has 4 nitrogen and oxygen atoms in total. The fourth-order valence-electron chi connectivity index (χ4n) is 3.28. The zero-order valence-corrected chi connectivity index (χ0v) is 13.1. The largest absolute Gasteiger partial charge is 0.480 e. The summed E-state index contributed by atoms with van der Waals surface area (Å²) in [5, 5.41) is 5.66. The van der Waals surface area contributed by atoms with Crippen LogP contribution in [0.25, 0.3) is 4.96 Å². The number of aromatic nitrogens is 2. The Bertz CT molecular complexity index is 562. The number of ether oxygens (including phenoxy) is 1. The predicted molar refractivity (Wildman–Crippen MR) is 82.4 cm³/mol. The van der Waals surface area contributed by atoms with Crippen LogP contribution >= 0.6 is 11.3 Å². The van der Waals surface area contributed by atoms with Gasteiger partial charge in [-0.2, -0.15) is 4.98 Å². The van der Waals surface area contributed by atoms with Crippen LogP contribution in [0, 0.1) is 11.8 Å². The number of methoxy groups -OCH3 is 1. The Labute approximate surface area is 124 Å². The van der Waals surface area contributed by atoms with Gasteiger partial charge in [0.1, 0.15) is 5.69 Å². The summed E-state index contributed by atoms with van der Waals surface area (Å²) in [6.45, 7) is 4.30. The number of nitrogens with one attached hydrogen (secondary N) is 1. The molecule has 3 rings (SSSR count). The van der Waals surface area contributed by atoms with Crippen molar-refractivity contribution < 1.29 is 4.74 Å². The molecule has 1 aliphatic rings. The summed E-state index contributed by atoms with van der Waals surface area (Å²) in [5.74, 6) is 2.47. The molecule has 2 atom stereocenters. The van der Waals surface area contributed by atoms with Gasteiger partial charge in [0.15, 0.2) is 4.96 Å². The first-order valence-corrected chi connectivity index (χ1v) is 8.35. The summed E-state index contributed by atoms with van der Waals surface area (Å²) in [6, 6.07) is 0. The molecule has 1 N–H and O–H groups in total. The number of rotatable bonds is 5. The monoisotopic (exact) mass is 293 g/mol. The first-order valence-electron chi connectivity index (χ1n) is 7.47. The summed E-state index contributed by atoms with van der Waals surface area (Å²) < 4.78 is 7.51. The molecule has 0 radical (unpaired) electrons. The molecule has 110 valence electrons. The number of nitrogens with zero attached hydrogens (tertiary/aromatic N) is 2. The first-order chi connectivity index (χ1) is 9.78. The van der Waals surface area contributed by atoms with E-state index in [0.717, 1.165) is 41.5 Å². The van der Waals surface area contributed by atoms with Gasteiger partial charge >= 0.3 is 0 Å². The zero-order valence-electron chi connectivity index (χ0n) is 12.3. The Morgan fingerprint density at radius 3 is 3.20 bits per heavy atom. The van der Waals surface area contributed by atoms with Crippen LogP contribution < -0.4 is 10.1 Å². The van der Waals surface area contributed by atoms with E-state index in [-0.39, 0.29) is 0 Å². The highest BCUT2D eigenvalue weighted by atomic mass is 32.1. The van der Waals surface area contributed by atoms with E-state index in [2.05, 4.69) is 33.2 Å². The highest BCUT2D eigenvalue weighted by Gasteiger charge is 2.19. The van der Waals surface area contributed by atoms with Crippen LogP contribution in [0.5, 0.6) is 5.88 Å². The maximum Gasteiger partial charge on any atom is 0.237 e. The van der Waals surface area contributed by atoms with Gasteiger partial charge in [-0.15, -0.1) is 11.3 Å². The third-order valence-corrected chi connectivity index (χ3v) is 5.04. The van der Waals surface area contributed by atoms with Gasteiger partial charge in [-0.05, 0) is 31.2 Å². The lowest BCUT2D eigenvalue weighted by molar-refractivity contribution is 0.273. The molecule has 0 spiro atoms. The Morgan fingerprint density at radius 1 is 1.50 bits per heavy atom. The number of imidazole rings is 1. The second kappa shape index (κ2) is 6.14. The van der Waals surface area contributed by atoms with Crippen LogP contribution in [0.3, 0.4) is 0 Å². The van der Waals surface area contributed by atoms with E-state index >= 15 is 0 Å². The highest BCUT2D eigenvalue weighted by Crippen LogP contribution is 2.28. The molecule has 1 fully saturated rings. The van der Waals surface area contributed by atoms with Crippen molar-refractivity contribution in [3.63, 3.8) is 0 Å². The summed E-state index contributed by atoms with van der Waals surface area (Å²) >= 11 is 1.64. The first kappa shape index (κ1) is 13.9. The Hall–Kier alpha value is -1.07. The van der Waals surface area contributed by atoms with Gasteiger partial charge in [-0.25, -0.2) is 0 Å². The van der Waals surface area contributed by atoms with Gasteiger partial charge < -0.3 is 10.1 Å². The Balaban J connectivity index is 1.60. The Kier molecular flexibility index (Phi) is 4.27. The third kappa shape index (κ3) is 2.83. The second-order valence-electron chi connectivity index (χ2n) is 5.89. The second-order valence-corrected chi connectivity index (χ2v) is 6.77. The molecule has 20 heavy (non-hydrogen) atoms. The minimum Gasteiger partial charge on any atom is -0.480 e. The van der Waals surface area contributed by atoms with Crippen LogP contribution in [0.4, 0.5) is 0 Å². The average molecular weight is 293 g/mol. The van der Waals surface area contributed by atoms with Gasteiger partial charge in [0.2, 0.25) is 5.88 Å². The van der Waals surface area contributed by atoms with E-state index in [0.29, 0.717) is 0 Å². The fraction of sp³-hybridized carbons (Fsp3) is 0.667. The minimum atomic E-state index is 0.751. The van der Waals surface area contributed by atoms with Crippen molar-refractivity contribution in [2.75, 3.05) is 13.7 Å². The summed E-state index contributed by atoms with van der Waals surface area (Å²) in [7, 11) is 1.69. The minimum absolute atomic E-state index is 0.751. The number of hydrogen-bond acceptors (Lipinski definition) is 4. The summed E-state index contributed by atoms with van der Waals surface area (Å²) in [4.78, 5) is 5.49. The summed E-state index contributed by atoms with van der Waals surface area (Å²) in [6.07, 6.45) is 7.59. The average Bonchev–Trinajstić information content (AvgIpc) is 3.00. The maximum absolute atomic E-state index is 5.38. The summed E-state index contributed by atoms with van der Waals surface area (Å²) in [5.41, 5.74) is 1.13. The smallest absolute Gasteiger partial charge is 0.237 e. The van der Waals surface area contributed by atoms with Gasteiger partial charge in [0.05, 0.1) is 7.11 Å². The standard InChI is InChI=1S/C15H23N3OS/c1-11-4-3-5-12(8-11)9-16-10-13-14(19-2)17-15-18(13)6-7-20-15/h6-7,11-12,16H,3-5,8-10H2,1-2H3. The molecule has 2 aromatic rings.